The van der Waals surface area contributed by atoms with E-state index in [9.17, 15) is 9.59 Å². The van der Waals surface area contributed by atoms with Gasteiger partial charge < -0.3 is 9.80 Å². The predicted molar refractivity (Wildman–Crippen MR) is 105 cm³/mol. The number of nitrogens with zero attached hydrogens (tertiary/aromatic N) is 2. The van der Waals surface area contributed by atoms with E-state index in [-0.39, 0.29) is 11.8 Å². The van der Waals surface area contributed by atoms with Gasteiger partial charge in [-0.1, -0.05) is 18.2 Å². The zero-order chi connectivity index (χ0) is 17.9. The van der Waals surface area contributed by atoms with Gasteiger partial charge in [0.05, 0.1) is 6.54 Å². The third-order valence-electron chi connectivity index (χ3n) is 4.87. The van der Waals surface area contributed by atoms with Crippen molar-refractivity contribution in [1.82, 2.24) is 4.90 Å². The molecule has 1 saturated heterocycles. The highest BCUT2D eigenvalue weighted by molar-refractivity contribution is 7.09. The van der Waals surface area contributed by atoms with Crippen molar-refractivity contribution in [2.24, 2.45) is 0 Å². The number of thiophene rings is 1. The minimum atomic E-state index is 0.0692. The van der Waals surface area contributed by atoms with Gasteiger partial charge in [0.1, 0.15) is 0 Å². The van der Waals surface area contributed by atoms with Crippen LogP contribution in [0.1, 0.15) is 36.1 Å². The molecule has 134 valence electrons. The van der Waals surface area contributed by atoms with E-state index >= 15 is 0 Å². The summed E-state index contributed by atoms with van der Waals surface area (Å²) in [4.78, 5) is 29.5. The number of rotatable bonds is 6. The minimum Gasteiger partial charge on any atom is -0.331 e. The van der Waals surface area contributed by atoms with Crippen LogP contribution in [0, 0.1) is 0 Å². The lowest BCUT2D eigenvalue weighted by molar-refractivity contribution is -0.127. The molecule has 0 atom stereocenters. The Balaban J connectivity index is 1.41. The average Bonchev–Trinajstić information content (AvgIpc) is 3.19. The SMILES string of the molecule is O=C1CCCN1c1ccc(/C=C/C(=O)N(Cc2cccs2)C2CC2)cc1. The molecule has 2 fully saturated rings. The van der Waals surface area contributed by atoms with E-state index in [1.54, 1.807) is 17.4 Å². The van der Waals surface area contributed by atoms with Crippen molar-refractivity contribution in [3.05, 3.63) is 58.3 Å². The van der Waals surface area contributed by atoms with Crippen LogP contribution in [0.15, 0.2) is 47.9 Å². The third kappa shape index (κ3) is 3.88. The van der Waals surface area contributed by atoms with Crippen LogP contribution in [0.4, 0.5) is 5.69 Å². The monoisotopic (exact) mass is 366 g/mol. The van der Waals surface area contributed by atoms with Crippen LogP contribution < -0.4 is 4.90 Å². The van der Waals surface area contributed by atoms with Gasteiger partial charge >= 0.3 is 0 Å². The molecule has 4 rings (SSSR count). The fraction of sp³-hybridized carbons (Fsp3) is 0.333. The molecule has 2 heterocycles. The molecule has 4 nitrogen and oxygen atoms in total. The minimum absolute atomic E-state index is 0.0692. The summed E-state index contributed by atoms with van der Waals surface area (Å²) >= 11 is 1.69. The van der Waals surface area contributed by atoms with Crippen LogP contribution in [-0.2, 0) is 16.1 Å². The van der Waals surface area contributed by atoms with Crippen molar-refractivity contribution >= 4 is 34.9 Å². The Hall–Kier alpha value is -2.40. The number of amides is 2. The maximum absolute atomic E-state index is 12.6. The number of carbonyl (C=O) groups excluding carboxylic acids is 2. The molecular formula is C21H22N2O2S. The first kappa shape index (κ1) is 17.0. The van der Waals surface area contributed by atoms with Gasteiger partial charge in [-0.2, -0.15) is 0 Å². The first-order valence-electron chi connectivity index (χ1n) is 9.12. The van der Waals surface area contributed by atoms with Gasteiger partial charge in [-0.25, -0.2) is 0 Å². The second-order valence-corrected chi connectivity index (χ2v) is 7.88. The molecule has 0 radical (unpaired) electrons. The van der Waals surface area contributed by atoms with Crippen molar-refractivity contribution in [1.29, 1.82) is 0 Å². The second-order valence-electron chi connectivity index (χ2n) is 6.85. The van der Waals surface area contributed by atoms with E-state index in [1.807, 2.05) is 51.6 Å². The molecule has 2 aromatic rings. The van der Waals surface area contributed by atoms with Crippen LogP contribution >= 0.6 is 11.3 Å². The molecule has 1 aromatic carbocycles. The Bertz CT molecular complexity index is 807. The van der Waals surface area contributed by atoms with Crippen LogP contribution in [0.5, 0.6) is 0 Å². The summed E-state index contributed by atoms with van der Waals surface area (Å²) in [6.07, 6.45) is 7.30. The molecule has 2 amide bonds. The van der Waals surface area contributed by atoms with Crippen molar-refractivity contribution in [3.63, 3.8) is 0 Å². The summed E-state index contributed by atoms with van der Waals surface area (Å²) in [5.41, 5.74) is 1.91. The zero-order valence-corrected chi connectivity index (χ0v) is 15.5. The molecule has 0 bridgehead atoms. The van der Waals surface area contributed by atoms with Gasteiger partial charge in [-0.15, -0.1) is 11.3 Å². The molecule has 2 aliphatic rings. The fourth-order valence-corrected chi connectivity index (χ4v) is 4.00. The predicted octanol–water partition coefficient (Wildman–Crippen LogP) is 4.08. The Labute approximate surface area is 157 Å². The molecule has 1 aliphatic carbocycles. The largest absolute Gasteiger partial charge is 0.331 e. The summed E-state index contributed by atoms with van der Waals surface area (Å²) in [7, 11) is 0. The van der Waals surface area contributed by atoms with Gasteiger partial charge in [0, 0.05) is 35.6 Å². The number of hydrogen-bond acceptors (Lipinski definition) is 3. The topological polar surface area (TPSA) is 40.6 Å². The van der Waals surface area contributed by atoms with E-state index in [0.717, 1.165) is 37.1 Å². The summed E-state index contributed by atoms with van der Waals surface area (Å²) in [6, 6.07) is 12.3. The smallest absolute Gasteiger partial charge is 0.247 e. The zero-order valence-electron chi connectivity index (χ0n) is 14.6. The summed E-state index contributed by atoms with van der Waals surface area (Å²) in [5, 5.41) is 2.05. The average molecular weight is 366 g/mol. The van der Waals surface area contributed by atoms with Crippen LogP contribution in [0.3, 0.4) is 0 Å². The third-order valence-corrected chi connectivity index (χ3v) is 5.73. The van der Waals surface area contributed by atoms with Crippen LogP contribution in [-0.4, -0.2) is 29.3 Å². The van der Waals surface area contributed by atoms with Crippen molar-refractivity contribution in [2.75, 3.05) is 11.4 Å². The second kappa shape index (κ2) is 7.46. The number of carbonyl (C=O) groups is 2. The van der Waals surface area contributed by atoms with Crippen molar-refractivity contribution in [2.45, 2.75) is 38.3 Å². The highest BCUT2D eigenvalue weighted by atomic mass is 32.1. The first-order valence-corrected chi connectivity index (χ1v) is 10.0. The molecule has 1 saturated carbocycles. The Morgan fingerprint density at radius 2 is 2.04 bits per heavy atom. The fourth-order valence-electron chi connectivity index (χ4n) is 3.29. The maximum Gasteiger partial charge on any atom is 0.247 e. The molecule has 1 aliphatic heterocycles. The van der Waals surface area contributed by atoms with Crippen LogP contribution in [0.2, 0.25) is 0 Å². The van der Waals surface area contributed by atoms with Gasteiger partial charge in [0.15, 0.2) is 0 Å². The summed E-state index contributed by atoms with van der Waals surface area (Å²) in [5.74, 6) is 0.261. The maximum atomic E-state index is 12.6. The van der Waals surface area contributed by atoms with E-state index in [2.05, 4.69) is 6.07 Å². The molecule has 5 heteroatoms. The molecule has 26 heavy (non-hydrogen) atoms. The lowest BCUT2D eigenvalue weighted by Crippen LogP contribution is -2.30. The first-order chi connectivity index (χ1) is 12.7. The van der Waals surface area contributed by atoms with Crippen LogP contribution in [0.25, 0.3) is 6.08 Å². The lowest BCUT2D eigenvalue weighted by Gasteiger charge is -2.20. The summed E-state index contributed by atoms with van der Waals surface area (Å²) in [6.45, 7) is 1.49. The van der Waals surface area contributed by atoms with Crippen molar-refractivity contribution in [3.8, 4) is 0 Å². The molecule has 0 N–H and O–H groups in total. The number of benzene rings is 1. The lowest BCUT2D eigenvalue weighted by atomic mass is 10.2. The van der Waals surface area contributed by atoms with E-state index in [0.29, 0.717) is 19.0 Å². The molecule has 0 spiro atoms. The summed E-state index contributed by atoms with van der Waals surface area (Å²) < 4.78 is 0. The van der Waals surface area contributed by atoms with E-state index < -0.39 is 0 Å². The van der Waals surface area contributed by atoms with Gasteiger partial charge in [0.2, 0.25) is 11.8 Å². The van der Waals surface area contributed by atoms with Gasteiger partial charge in [-0.05, 0) is 54.5 Å². The number of anilines is 1. The van der Waals surface area contributed by atoms with E-state index in [1.165, 1.54) is 4.88 Å². The highest BCUT2D eigenvalue weighted by Gasteiger charge is 2.31. The van der Waals surface area contributed by atoms with E-state index in [4.69, 9.17) is 0 Å². The van der Waals surface area contributed by atoms with Gasteiger partial charge in [-0.3, -0.25) is 9.59 Å². The molecule has 0 unspecified atom stereocenters. The normalized spacial score (nSPS) is 17.2. The Kier molecular flexibility index (Phi) is 4.89. The highest BCUT2D eigenvalue weighted by Crippen LogP contribution is 2.29. The quantitative estimate of drug-likeness (QED) is 0.723. The van der Waals surface area contributed by atoms with Gasteiger partial charge in [0.25, 0.3) is 0 Å². The number of hydrogen-bond donors (Lipinski definition) is 0. The van der Waals surface area contributed by atoms with Crippen molar-refractivity contribution < 1.29 is 9.59 Å². The Morgan fingerprint density at radius 3 is 2.65 bits per heavy atom. The molecule has 1 aromatic heterocycles. The Morgan fingerprint density at radius 1 is 1.23 bits per heavy atom. The molecular weight excluding hydrogens is 344 g/mol. The standard InChI is InChI=1S/C21H22N2O2S/c24-20-4-1-13-22(20)17-8-5-16(6-9-17)7-12-21(25)23(18-10-11-18)15-19-3-2-14-26-19/h2-3,5-9,12,14,18H,1,4,10-11,13,15H2/b12-7+.